The van der Waals surface area contributed by atoms with E-state index in [0.717, 1.165) is 38.5 Å². The summed E-state index contributed by atoms with van der Waals surface area (Å²) in [4.78, 5) is 25.2. The van der Waals surface area contributed by atoms with Crippen molar-refractivity contribution in [2.24, 2.45) is 5.73 Å². The zero-order valence-electron chi connectivity index (χ0n) is 27.6. The molecule has 0 spiro atoms. The lowest BCUT2D eigenvalue weighted by atomic mass is 9.87. The molecule has 0 saturated heterocycles. The standard InChI is InChI=1S/C34H67NO3.CHCl3/c1-3-5-7-9-11-13-15-17-19-21-23-25-27-29-32(36)34(38,31-35)33(37)30-28-26-24-22-20-18-16-14-12-10-8-6-4-2;2-1(3)4/h38H,3-31,35H2,1-2H3;1H. The lowest BCUT2D eigenvalue weighted by Gasteiger charge is -2.23. The second-order valence-corrected chi connectivity index (χ2v) is 14.1. The van der Waals surface area contributed by atoms with E-state index >= 15 is 0 Å². The number of ketones is 2. The largest absolute Gasteiger partial charge is 0.374 e. The number of hydrogen-bond acceptors (Lipinski definition) is 4. The molecule has 0 aliphatic carbocycles. The van der Waals surface area contributed by atoms with E-state index in [0.29, 0.717) is 0 Å². The second kappa shape index (κ2) is 34.0. The Morgan fingerprint density at radius 1 is 0.500 bits per heavy atom. The zero-order valence-corrected chi connectivity index (χ0v) is 29.8. The van der Waals surface area contributed by atoms with Crippen LogP contribution in [0.5, 0.6) is 0 Å². The Labute approximate surface area is 276 Å². The van der Waals surface area contributed by atoms with E-state index in [-0.39, 0.29) is 31.0 Å². The lowest BCUT2D eigenvalue weighted by molar-refractivity contribution is -0.150. The maximum Gasteiger partial charge on any atom is 0.193 e. The molecule has 0 aliphatic rings. The number of halogens is 3. The molecule has 0 aromatic carbocycles. The second-order valence-electron chi connectivity index (χ2n) is 12.1. The highest BCUT2D eigenvalue weighted by atomic mass is 35.6. The van der Waals surface area contributed by atoms with Gasteiger partial charge in [0.1, 0.15) is 0 Å². The predicted molar refractivity (Wildman–Crippen MR) is 186 cm³/mol. The van der Waals surface area contributed by atoms with Crippen LogP contribution in [0.15, 0.2) is 0 Å². The highest BCUT2D eigenvalue weighted by Crippen LogP contribution is 2.19. The third-order valence-electron chi connectivity index (χ3n) is 8.23. The fourth-order valence-corrected chi connectivity index (χ4v) is 5.40. The molecule has 3 N–H and O–H groups in total. The van der Waals surface area contributed by atoms with Gasteiger partial charge in [-0.3, -0.25) is 9.59 Å². The quantitative estimate of drug-likeness (QED) is 0.0442. The summed E-state index contributed by atoms with van der Waals surface area (Å²) in [6.07, 6.45) is 32.9. The maximum atomic E-state index is 12.6. The van der Waals surface area contributed by atoms with Gasteiger partial charge in [-0.15, -0.1) is 0 Å². The highest BCUT2D eigenvalue weighted by molar-refractivity contribution is 6.63. The minimum atomic E-state index is -1.96. The number of nitrogens with two attached hydrogens (primary N) is 1. The van der Waals surface area contributed by atoms with Gasteiger partial charge < -0.3 is 10.8 Å². The number of carbonyl (C=O) groups is 2. The van der Waals surface area contributed by atoms with Crippen molar-refractivity contribution in [2.45, 2.75) is 204 Å². The van der Waals surface area contributed by atoms with E-state index in [1.54, 1.807) is 0 Å². The Morgan fingerprint density at radius 2 is 0.690 bits per heavy atom. The summed E-state index contributed by atoms with van der Waals surface area (Å²) in [6, 6.07) is 0. The van der Waals surface area contributed by atoms with Gasteiger partial charge in [0.05, 0.1) is 0 Å². The summed E-state index contributed by atoms with van der Waals surface area (Å²) in [5.74, 6) is -0.745. The van der Waals surface area contributed by atoms with Gasteiger partial charge in [-0.2, -0.15) is 0 Å². The van der Waals surface area contributed by atoms with Crippen molar-refractivity contribution in [3.63, 3.8) is 0 Å². The Bertz CT molecular complexity index is 545. The molecule has 0 radical (unpaired) electrons. The first kappa shape index (κ1) is 44.3. The van der Waals surface area contributed by atoms with Crippen LogP contribution in [0.3, 0.4) is 0 Å². The van der Waals surface area contributed by atoms with Gasteiger partial charge in [0.15, 0.2) is 21.5 Å². The van der Waals surface area contributed by atoms with Crippen molar-refractivity contribution < 1.29 is 14.7 Å². The van der Waals surface area contributed by atoms with Crippen LogP contribution in [0.25, 0.3) is 0 Å². The Hall–Kier alpha value is 0.130. The van der Waals surface area contributed by atoms with Crippen LogP contribution < -0.4 is 5.73 Å². The van der Waals surface area contributed by atoms with Gasteiger partial charge in [0.2, 0.25) is 0 Å². The van der Waals surface area contributed by atoms with Crippen LogP contribution in [0.2, 0.25) is 0 Å². The third-order valence-corrected chi connectivity index (χ3v) is 8.23. The molecule has 252 valence electrons. The van der Waals surface area contributed by atoms with E-state index in [2.05, 4.69) is 13.8 Å². The van der Waals surface area contributed by atoms with Crippen molar-refractivity contribution in [3.8, 4) is 0 Å². The van der Waals surface area contributed by atoms with Gasteiger partial charge in [-0.05, 0) is 12.8 Å². The molecule has 0 rings (SSSR count). The highest BCUT2D eigenvalue weighted by Gasteiger charge is 2.40. The molecule has 4 nitrogen and oxygen atoms in total. The average molecular weight is 657 g/mol. The van der Waals surface area contributed by atoms with Crippen LogP contribution >= 0.6 is 34.8 Å². The number of carbonyl (C=O) groups excluding carboxylic acids is 2. The summed E-state index contributed by atoms with van der Waals surface area (Å²) in [7, 11) is 0. The number of aliphatic hydroxyl groups is 1. The number of unbranched alkanes of at least 4 members (excludes halogenated alkanes) is 24. The summed E-state index contributed by atoms with van der Waals surface area (Å²) >= 11 is 14.4. The molecule has 0 saturated carbocycles. The molecule has 0 unspecified atom stereocenters. The van der Waals surface area contributed by atoms with Crippen LogP contribution in [0, 0.1) is 0 Å². The normalized spacial score (nSPS) is 11.5. The first-order valence-corrected chi connectivity index (χ1v) is 19.0. The minimum Gasteiger partial charge on any atom is -0.374 e. The predicted octanol–water partition coefficient (Wildman–Crippen LogP) is 11.8. The molecular formula is C35H68Cl3NO3. The van der Waals surface area contributed by atoms with Crippen LogP contribution in [-0.4, -0.2) is 33.1 Å². The molecule has 0 atom stereocenters. The smallest absolute Gasteiger partial charge is 0.193 e. The summed E-state index contributed by atoms with van der Waals surface area (Å²) < 4.78 is -0.750. The SMILES string of the molecule is CCCCCCCCCCCCCCCC(=O)C(O)(CN)C(=O)CCCCCCCCCCCCCCC.ClC(Cl)Cl. The van der Waals surface area contributed by atoms with Crippen molar-refractivity contribution in [1.29, 1.82) is 0 Å². The Kier molecular flexibility index (Phi) is 35.8. The molecule has 0 heterocycles. The molecule has 0 aromatic heterocycles. The van der Waals surface area contributed by atoms with Crippen molar-refractivity contribution in [3.05, 3.63) is 0 Å². The van der Waals surface area contributed by atoms with E-state index in [9.17, 15) is 14.7 Å². The number of rotatable bonds is 31. The van der Waals surface area contributed by atoms with E-state index in [4.69, 9.17) is 40.5 Å². The van der Waals surface area contributed by atoms with Gasteiger partial charge in [-0.1, -0.05) is 203 Å². The van der Waals surface area contributed by atoms with Gasteiger partial charge in [-0.25, -0.2) is 0 Å². The summed E-state index contributed by atoms with van der Waals surface area (Å²) in [5.41, 5.74) is 3.74. The molecule has 0 fully saturated rings. The Balaban J connectivity index is 0. The molecule has 0 aliphatic heterocycles. The molecule has 0 aromatic rings. The van der Waals surface area contributed by atoms with Crippen LogP contribution in [-0.2, 0) is 9.59 Å². The number of Topliss-reactive ketones (excluding diaryl/α,β-unsaturated/α-hetero) is 2. The number of alkyl halides is 3. The summed E-state index contributed by atoms with van der Waals surface area (Å²) in [5, 5.41) is 10.7. The first-order chi connectivity index (χ1) is 20.3. The van der Waals surface area contributed by atoms with Gasteiger partial charge in [0, 0.05) is 19.4 Å². The van der Waals surface area contributed by atoms with Crippen LogP contribution in [0.4, 0.5) is 0 Å². The fourth-order valence-electron chi connectivity index (χ4n) is 5.40. The third kappa shape index (κ3) is 30.2. The molecular weight excluding hydrogens is 589 g/mol. The molecule has 7 heteroatoms. The minimum absolute atomic E-state index is 0.260. The number of hydrogen-bond donors (Lipinski definition) is 2. The van der Waals surface area contributed by atoms with Gasteiger partial charge in [0.25, 0.3) is 0 Å². The van der Waals surface area contributed by atoms with Gasteiger partial charge >= 0.3 is 0 Å². The molecule has 0 amide bonds. The monoisotopic (exact) mass is 655 g/mol. The molecule has 0 bridgehead atoms. The zero-order chi connectivity index (χ0) is 31.7. The fraction of sp³-hybridized carbons (Fsp3) is 0.943. The van der Waals surface area contributed by atoms with Crippen molar-refractivity contribution >= 4 is 46.4 Å². The van der Waals surface area contributed by atoms with E-state index in [1.165, 1.54) is 128 Å². The summed E-state index contributed by atoms with van der Waals surface area (Å²) in [6.45, 7) is 4.23. The van der Waals surface area contributed by atoms with Crippen molar-refractivity contribution in [1.82, 2.24) is 0 Å². The van der Waals surface area contributed by atoms with Crippen LogP contribution in [0.1, 0.15) is 194 Å². The maximum absolute atomic E-state index is 12.6. The van der Waals surface area contributed by atoms with Crippen molar-refractivity contribution in [2.75, 3.05) is 6.54 Å². The first-order valence-electron chi connectivity index (χ1n) is 17.7. The topological polar surface area (TPSA) is 80.4 Å². The Morgan fingerprint density at radius 3 is 0.881 bits per heavy atom. The van der Waals surface area contributed by atoms with E-state index < -0.39 is 9.90 Å². The average Bonchev–Trinajstić information content (AvgIpc) is 2.96. The molecule has 42 heavy (non-hydrogen) atoms. The van der Waals surface area contributed by atoms with E-state index in [1.807, 2.05) is 0 Å². The lowest BCUT2D eigenvalue weighted by Crippen LogP contribution is -2.52.